The molecule has 0 atom stereocenters. The average molecular weight is 93.2 g/mol. The Morgan fingerprint density at radius 2 is 0.400 bits per heavy atom. The molecule has 0 N–H and O–H groups in total. The van der Waals surface area contributed by atoms with Crippen molar-refractivity contribution < 1.29 is 19.5 Å². The van der Waals surface area contributed by atoms with Gasteiger partial charge in [-0.25, -0.2) is 0 Å². The van der Waals surface area contributed by atoms with Crippen molar-refractivity contribution in [2.24, 2.45) is 0 Å². The number of hydrogen-bond donors (Lipinski definition) is 0. The fourth-order valence-corrected chi connectivity index (χ4v) is 0. The fourth-order valence-electron chi connectivity index (χ4n) is 0. The van der Waals surface area contributed by atoms with Gasteiger partial charge in [-0.2, -0.15) is 0 Å². The van der Waals surface area contributed by atoms with Gasteiger partial charge in [0.05, 0.1) is 0 Å². The van der Waals surface area contributed by atoms with Crippen molar-refractivity contribution in [3.8, 4) is 0 Å². The molecule has 0 unspecified atom stereocenters. The van der Waals surface area contributed by atoms with Gasteiger partial charge in [0, 0.05) is 94.9 Å². The van der Waals surface area contributed by atoms with Crippen LogP contribution in [0.3, 0.4) is 0 Å². The monoisotopic (exact) mass is 92.0 g/mol. The minimum absolute atomic E-state index is 0. The molecule has 4 radical (unpaired) electrons. The first-order valence-electron chi connectivity index (χ1n) is 0. The van der Waals surface area contributed by atoms with Gasteiger partial charge in [0.1, 0.15) is 0 Å². The summed E-state index contributed by atoms with van der Waals surface area (Å²) in [5.41, 5.74) is 0. The van der Waals surface area contributed by atoms with E-state index in [2.05, 4.69) is 0 Å². The summed E-state index contributed by atoms with van der Waals surface area (Å²) in [6.07, 6.45) is 0. The smallest absolute Gasteiger partial charge is 0 e. The Bertz CT molecular complexity index is 3.61. The Labute approximate surface area is 93.4 Å². The van der Waals surface area contributed by atoms with Crippen LogP contribution in [0, 0.1) is 0 Å². The largest absolute Gasteiger partial charge is 0 e. The Morgan fingerprint density at radius 1 is 0.400 bits per heavy atom. The summed E-state index contributed by atoms with van der Waals surface area (Å²) in [6, 6.07) is 0. The first-order valence-corrected chi connectivity index (χ1v) is 0. The molecule has 0 aromatic heterocycles. The van der Waals surface area contributed by atoms with Crippen molar-refractivity contribution in [2.75, 3.05) is 0 Å². The summed E-state index contributed by atoms with van der Waals surface area (Å²) in [7, 11) is 0. The van der Waals surface area contributed by atoms with Crippen LogP contribution in [-0.2, 0) is 19.5 Å². The second-order valence-electron chi connectivity index (χ2n) is 0. The molecule has 0 aliphatic heterocycles. The molecule has 0 rings (SSSR count). The van der Waals surface area contributed by atoms with E-state index in [1.165, 1.54) is 0 Å². The summed E-state index contributed by atoms with van der Waals surface area (Å²) in [4.78, 5) is 0. The average Bonchev–Trinajstić information content (AvgIpc) is 0. The molecule has 0 heterocycles. The maximum absolute atomic E-state index is 0. The van der Waals surface area contributed by atoms with Crippen LogP contribution in [0.5, 0.6) is 0 Å². The molecule has 6 valence electrons. The molecule has 0 spiro atoms. The maximum Gasteiger partial charge on any atom is 0 e. The van der Waals surface area contributed by atoms with Crippen molar-refractivity contribution in [3.63, 3.8) is 0 Å². The van der Waals surface area contributed by atoms with E-state index in [9.17, 15) is 0 Å². The summed E-state index contributed by atoms with van der Waals surface area (Å²) in [5, 5.41) is 0. The van der Waals surface area contributed by atoms with E-state index in [1.807, 2.05) is 0 Å². The van der Waals surface area contributed by atoms with Crippen LogP contribution in [0.4, 0.5) is 0 Å². The van der Waals surface area contributed by atoms with Crippen molar-refractivity contribution in [2.45, 2.75) is 0 Å². The molecule has 0 aliphatic carbocycles. The second kappa shape index (κ2) is 27.9. The quantitative estimate of drug-likeness (QED) is 0.319. The van der Waals surface area contributed by atoms with Gasteiger partial charge in [0.25, 0.3) is 0 Å². The van der Waals surface area contributed by atoms with E-state index in [4.69, 9.17) is 0 Å². The van der Waals surface area contributed by atoms with Gasteiger partial charge in [-0.15, -0.1) is 0 Å². The van der Waals surface area contributed by atoms with Gasteiger partial charge in [-0.1, -0.05) is 0 Å². The van der Waals surface area contributed by atoms with Crippen molar-refractivity contribution in [1.29, 1.82) is 0 Å². The van der Waals surface area contributed by atoms with Crippen molar-refractivity contribution in [3.05, 3.63) is 0 Å². The topological polar surface area (TPSA) is 0 Å². The third-order valence-electron chi connectivity index (χ3n) is 0. The van der Waals surface area contributed by atoms with Crippen LogP contribution < -0.4 is 0 Å². The van der Waals surface area contributed by atoms with Gasteiger partial charge < -0.3 is 0 Å². The molecule has 0 aromatic rings. The van der Waals surface area contributed by atoms with Crippen LogP contribution in [0.25, 0.3) is 0 Å². The molecule has 0 amide bonds. The molecule has 0 aromatic carbocycles. The third kappa shape index (κ3) is 19.4. The van der Waals surface area contributed by atoms with E-state index in [0.717, 1.165) is 0 Å². The zero-order valence-electron chi connectivity index (χ0n) is 4.71. The van der Waals surface area contributed by atoms with E-state index in [1.54, 1.807) is 0 Å². The van der Waals surface area contributed by atoms with Gasteiger partial charge >= 0.3 is 0 Å². The van der Waals surface area contributed by atoms with E-state index >= 15 is 0 Å². The summed E-state index contributed by atoms with van der Waals surface area (Å²) in [6.45, 7) is 0. The van der Waals surface area contributed by atoms with Gasteiger partial charge in [0.15, 0.2) is 0 Å². The van der Waals surface area contributed by atoms with Crippen molar-refractivity contribution in [1.82, 2.24) is 0 Å². The molecule has 5 heavy (non-hydrogen) atoms. The van der Waals surface area contributed by atoms with Gasteiger partial charge in [-0.05, 0) is 0 Å². The number of hydrogen-bond acceptors (Lipinski definition) is 0. The molecule has 0 nitrogen and oxygen atoms in total. The molecular formula is Li4Zn. The maximum atomic E-state index is 0. The first-order chi connectivity index (χ1) is 0. The summed E-state index contributed by atoms with van der Waals surface area (Å²) < 4.78 is 0. The normalized spacial score (nSPS) is 0. The van der Waals surface area contributed by atoms with Crippen LogP contribution in [0.2, 0.25) is 0 Å². The number of rotatable bonds is 0. The Hall–Kier alpha value is 3.01. The first kappa shape index (κ1) is 43.4. The van der Waals surface area contributed by atoms with Crippen molar-refractivity contribution >= 4 is 75.4 Å². The predicted molar refractivity (Wildman–Crippen MR) is 23.0 cm³/mol. The predicted octanol–water partition coefficient (Wildman–Crippen LogP) is -1.53. The zero-order chi connectivity index (χ0) is 0. The van der Waals surface area contributed by atoms with Crippen LogP contribution in [0.1, 0.15) is 0 Å². The standard InChI is InChI=1S/4Li.Zn. The summed E-state index contributed by atoms with van der Waals surface area (Å²) >= 11 is 0. The van der Waals surface area contributed by atoms with Gasteiger partial charge in [-0.3, -0.25) is 0 Å². The van der Waals surface area contributed by atoms with E-state index in [0.29, 0.717) is 0 Å². The molecular weight excluding hydrogens is 93.2 g/mol. The van der Waals surface area contributed by atoms with Gasteiger partial charge in [0.2, 0.25) is 0 Å². The van der Waals surface area contributed by atoms with E-state index in [-0.39, 0.29) is 94.9 Å². The fraction of sp³-hybridized carbons (Fsp3) is 0. The van der Waals surface area contributed by atoms with Crippen LogP contribution in [-0.4, -0.2) is 75.4 Å². The second-order valence-corrected chi connectivity index (χ2v) is 0. The van der Waals surface area contributed by atoms with Crippen LogP contribution >= 0.6 is 0 Å². The minimum atomic E-state index is 0. The third-order valence-corrected chi connectivity index (χ3v) is 0. The Morgan fingerprint density at radius 3 is 0.400 bits per heavy atom. The SMILES string of the molecule is [Li].[Li].[Li].[Li].[Zn]. The summed E-state index contributed by atoms with van der Waals surface area (Å²) in [5.74, 6) is 0. The molecule has 0 aliphatic rings. The molecule has 0 saturated heterocycles. The molecule has 0 fully saturated rings. The minimum Gasteiger partial charge on any atom is 0 e. The Kier molecular flexibility index (Phi) is 243. The molecule has 0 saturated carbocycles. The van der Waals surface area contributed by atoms with E-state index < -0.39 is 0 Å². The Balaban J connectivity index is 0. The van der Waals surface area contributed by atoms with Crippen LogP contribution in [0.15, 0.2) is 0 Å². The molecule has 5 heteroatoms. The zero-order valence-corrected chi connectivity index (χ0v) is 7.67. The molecule has 0 bridgehead atoms.